The van der Waals surface area contributed by atoms with E-state index in [9.17, 15) is 18.0 Å². The minimum atomic E-state index is -4.64. The molecule has 0 radical (unpaired) electrons. The number of aliphatic hydroxyl groups excluding tert-OH is 1. The molecule has 1 unspecified atom stereocenters. The highest BCUT2D eigenvalue weighted by molar-refractivity contribution is 5.94. The van der Waals surface area contributed by atoms with Crippen LogP contribution in [0.3, 0.4) is 0 Å². The van der Waals surface area contributed by atoms with E-state index in [1.165, 1.54) is 0 Å². The van der Waals surface area contributed by atoms with Crippen LogP contribution in [0.25, 0.3) is 0 Å². The molecule has 1 aromatic rings. The Balaban J connectivity index is 2.99. The number of carbonyl (C=O) groups excluding carboxylic acids is 1. The van der Waals surface area contributed by atoms with Crippen molar-refractivity contribution in [1.29, 1.82) is 0 Å². The molecular weight excluding hydrogens is 249 g/mol. The Hall–Kier alpha value is -1.63. The standard InChI is InChI=1S/C11H13F3N2O2/c1-2-7(6-17)16-10(18)9-8(11(12,13)14)4-3-5-15-9/h3-5,7,17H,2,6H2,1H3,(H,16,18). The molecule has 1 atom stereocenters. The van der Waals surface area contributed by atoms with Crippen LogP contribution in [0, 0.1) is 0 Å². The van der Waals surface area contributed by atoms with Crippen molar-refractivity contribution in [3.63, 3.8) is 0 Å². The first-order valence-corrected chi connectivity index (χ1v) is 5.34. The number of pyridine rings is 1. The number of aliphatic hydroxyl groups is 1. The first-order valence-electron chi connectivity index (χ1n) is 5.34. The summed E-state index contributed by atoms with van der Waals surface area (Å²) in [5.41, 5.74) is -1.77. The maximum absolute atomic E-state index is 12.6. The second-order valence-electron chi connectivity index (χ2n) is 3.66. The molecule has 18 heavy (non-hydrogen) atoms. The minimum absolute atomic E-state index is 0.337. The monoisotopic (exact) mass is 262 g/mol. The molecule has 0 saturated heterocycles. The quantitative estimate of drug-likeness (QED) is 0.866. The van der Waals surface area contributed by atoms with Crippen LogP contribution in [0.15, 0.2) is 18.3 Å². The van der Waals surface area contributed by atoms with E-state index in [4.69, 9.17) is 5.11 Å². The Morgan fingerprint density at radius 2 is 2.22 bits per heavy atom. The van der Waals surface area contributed by atoms with Gasteiger partial charge in [0.1, 0.15) is 5.69 Å². The third kappa shape index (κ3) is 3.43. The molecule has 1 aromatic heterocycles. The van der Waals surface area contributed by atoms with E-state index in [1.807, 2.05) is 0 Å². The van der Waals surface area contributed by atoms with Crippen LogP contribution in [0.2, 0.25) is 0 Å². The number of amides is 1. The molecule has 4 nitrogen and oxygen atoms in total. The van der Waals surface area contributed by atoms with E-state index in [2.05, 4.69) is 10.3 Å². The van der Waals surface area contributed by atoms with E-state index in [-0.39, 0.29) is 6.61 Å². The van der Waals surface area contributed by atoms with Gasteiger partial charge >= 0.3 is 6.18 Å². The van der Waals surface area contributed by atoms with E-state index >= 15 is 0 Å². The van der Waals surface area contributed by atoms with Gasteiger partial charge in [0.25, 0.3) is 5.91 Å². The lowest BCUT2D eigenvalue weighted by Crippen LogP contribution is -2.38. The average Bonchev–Trinajstić information content (AvgIpc) is 2.34. The number of nitrogens with zero attached hydrogens (tertiary/aromatic N) is 1. The van der Waals surface area contributed by atoms with Crippen molar-refractivity contribution in [2.45, 2.75) is 25.6 Å². The number of carbonyl (C=O) groups is 1. The van der Waals surface area contributed by atoms with Crippen LogP contribution in [0.5, 0.6) is 0 Å². The summed E-state index contributed by atoms with van der Waals surface area (Å²) in [5.74, 6) is -0.941. The molecule has 0 aliphatic carbocycles. The zero-order chi connectivity index (χ0) is 13.8. The largest absolute Gasteiger partial charge is 0.418 e. The van der Waals surface area contributed by atoms with Crippen LogP contribution in [0.4, 0.5) is 13.2 Å². The molecule has 0 bridgehead atoms. The van der Waals surface area contributed by atoms with Crippen LogP contribution >= 0.6 is 0 Å². The third-order valence-corrected chi connectivity index (χ3v) is 2.38. The predicted molar refractivity (Wildman–Crippen MR) is 57.9 cm³/mol. The molecule has 100 valence electrons. The second-order valence-corrected chi connectivity index (χ2v) is 3.66. The van der Waals surface area contributed by atoms with Gasteiger partial charge in [-0.15, -0.1) is 0 Å². The van der Waals surface area contributed by atoms with Gasteiger partial charge in [0, 0.05) is 6.20 Å². The lowest BCUT2D eigenvalue weighted by molar-refractivity contribution is -0.138. The van der Waals surface area contributed by atoms with E-state index in [1.54, 1.807) is 6.92 Å². The molecule has 0 spiro atoms. The molecule has 1 amide bonds. The maximum Gasteiger partial charge on any atom is 0.418 e. The summed E-state index contributed by atoms with van der Waals surface area (Å²) < 4.78 is 37.9. The van der Waals surface area contributed by atoms with Crippen molar-refractivity contribution in [3.8, 4) is 0 Å². The first kappa shape index (κ1) is 14.4. The normalized spacial score (nSPS) is 13.2. The fourth-order valence-corrected chi connectivity index (χ4v) is 1.35. The van der Waals surface area contributed by atoms with Gasteiger partial charge in [-0.05, 0) is 18.6 Å². The van der Waals surface area contributed by atoms with Crippen LogP contribution in [0.1, 0.15) is 29.4 Å². The highest BCUT2D eigenvalue weighted by Gasteiger charge is 2.36. The van der Waals surface area contributed by atoms with Crippen molar-refractivity contribution >= 4 is 5.91 Å². The summed E-state index contributed by atoms with van der Waals surface area (Å²) in [6.07, 6.45) is -3.11. The number of hydrogen-bond donors (Lipinski definition) is 2. The van der Waals surface area contributed by atoms with E-state index in [0.717, 1.165) is 18.3 Å². The molecule has 0 aliphatic heterocycles. The van der Waals surface area contributed by atoms with Gasteiger partial charge in [-0.3, -0.25) is 9.78 Å². The van der Waals surface area contributed by atoms with E-state index in [0.29, 0.717) is 6.42 Å². The van der Waals surface area contributed by atoms with Gasteiger partial charge in [0.05, 0.1) is 18.2 Å². The minimum Gasteiger partial charge on any atom is -0.394 e. The predicted octanol–water partition coefficient (Wildman–Crippen LogP) is 1.60. The van der Waals surface area contributed by atoms with Crippen molar-refractivity contribution < 1.29 is 23.1 Å². The van der Waals surface area contributed by atoms with Gasteiger partial charge in [-0.1, -0.05) is 6.92 Å². The zero-order valence-electron chi connectivity index (χ0n) is 9.66. The molecule has 0 fully saturated rings. The Morgan fingerprint density at radius 1 is 1.56 bits per heavy atom. The number of hydrogen-bond acceptors (Lipinski definition) is 3. The fraction of sp³-hybridized carbons (Fsp3) is 0.455. The summed E-state index contributed by atoms with van der Waals surface area (Å²) in [6.45, 7) is 1.36. The van der Waals surface area contributed by atoms with Crippen LogP contribution < -0.4 is 5.32 Å². The van der Waals surface area contributed by atoms with Gasteiger partial charge in [0.15, 0.2) is 0 Å². The first-order chi connectivity index (χ1) is 8.40. The number of nitrogens with one attached hydrogen (secondary N) is 1. The van der Waals surface area contributed by atoms with Crippen LogP contribution in [-0.4, -0.2) is 28.6 Å². The summed E-state index contributed by atoms with van der Waals surface area (Å²) in [4.78, 5) is 15.1. The fourth-order valence-electron chi connectivity index (χ4n) is 1.35. The Bertz CT molecular complexity index is 417. The van der Waals surface area contributed by atoms with Gasteiger partial charge in [-0.2, -0.15) is 13.2 Å². The van der Waals surface area contributed by atoms with Crippen molar-refractivity contribution in [1.82, 2.24) is 10.3 Å². The SMILES string of the molecule is CCC(CO)NC(=O)c1ncccc1C(F)(F)F. The highest BCUT2D eigenvalue weighted by Crippen LogP contribution is 2.30. The molecule has 0 saturated carbocycles. The third-order valence-electron chi connectivity index (χ3n) is 2.38. The van der Waals surface area contributed by atoms with Gasteiger partial charge < -0.3 is 10.4 Å². The summed E-state index contributed by atoms with van der Waals surface area (Å²) >= 11 is 0. The Kier molecular flexibility index (Phi) is 4.66. The number of halogens is 3. The number of aromatic nitrogens is 1. The lowest BCUT2D eigenvalue weighted by atomic mass is 10.1. The average molecular weight is 262 g/mol. The molecule has 0 aromatic carbocycles. The molecule has 1 rings (SSSR count). The Morgan fingerprint density at radius 3 is 2.72 bits per heavy atom. The molecule has 0 aliphatic rings. The van der Waals surface area contributed by atoms with Crippen molar-refractivity contribution in [2.75, 3.05) is 6.61 Å². The molecule has 7 heteroatoms. The number of alkyl halides is 3. The molecule has 1 heterocycles. The van der Waals surface area contributed by atoms with Crippen molar-refractivity contribution in [2.24, 2.45) is 0 Å². The maximum atomic E-state index is 12.6. The zero-order valence-corrected chi connectivity index (χ0v) is 9.66. The smallest absolute Gasteiger partial charge is 0.394 e. The second kappa shape index (κ2) is 5.81. The van der Waals surface area contributed by atoms with Crippen LogP contribution in [-0.2, 0) is 6.18 Å². The summed E-state index contributed by atoms with van der Waals surface area (Å²) in [6, 6.07) is 1.32. The highest BCUT2D eigenvalue weighted by atomic mass is 19.4. The summed E-state index contributed by atoms with van der Waals surface area (Å²) in [7, 11) is 0. The lowest BCUT2D eigenvalue weighted by Gasteiger charge is -2.16. The topological polar surface area (TPSA) is 62.2 Å². The molecule has 2 N–H and O–H groups in total. The van der Waals surface area contributed by atoms with Crippen molar-refractivity contribution in [3.05, 3.63) is 29.6 Å². The van der Waals surface area contributed by atoms with Gasteiger partial charge in [-0.25, -0.2) is 0 Å². The Labute approximate surface area is 102 Å². The number of rotatable bonds is 4. The van der Waals surface area contributed by atoms with Gasteiger partial charge in [0.2, 0.25) is 0 Å². The molecular formula is C11H13F3N2O2. The van der Waals surface area contributed by atoms with E-state index < -0.39 is 29.4 Å². The summed E-state index contributed by atoms with van der Waals surface area (Å²) in [5, 5.41) is 11.2.